The van der Waals surface area contributed by atoms with Gasteiger partial charge in [0.1, 0.15) is 0 Å². The molecule has 1 unspecified atom stereocenters. The van der Waals surface area contributed by atoms with Crippen LogP contribution < -0.4 is 10.6 Å². The number of hydrogen-bond donors (Lipinski definition) is 2. The lowest BCUT2D eigenvalue weighted by Gasteiger charge is -2.21. The summed E-state index contributed by atoms with van der Waals surface area (Å²) in [6, 6.07) is 0. The van der Waals surface area contributed by atoms with E-state index in [9.17, 15) is 9.59 Å². The second-order valence-electron chi connectivity index (χ2n) is 4.54. The molecule has 2 saturated heterocycles. The molecule has 16 heavy (non-hydrogen) atoms. The molecule has 0 aliphatic carbocycles. The number of carbonyl (C=O) groups excluding carboxylic acids is 2. The second-order valence-corrected chi connectivity index (χ2v) is 4.54. The van der Waals surface area contributed by atoms with Gasteiger partial charge < -0.3 is 15.5 Å². The lowest BCUT2D eigenvalue weighted by Crippen LogP contribution is -2.35. The van der Waals surface area contributed by atoms with Gasteiger partial charge in [0.05, 0.1) is 0 Å². The molecule has 0 aromatic heterocycles. The van der Waals surface area contributed by atoms with Crippen LogP contribution in [0.1, 0.15) is 19.3 Å². The highest BCUT2D eigenvalue weighted by Gasteiger charge is 2.23. The van der Waals surface area contributed by atoms with Gasteiger partial charge in [-0.05, 0) is 25.4 Å². The molecule has 2 fully saturated rings. The summed E-state index contributed by atoms with van der Waals surface area (Å²) in [4.78, 5) is 24.9. The van der Waals surface area contributed by atoms with E-state index in [-0.39, 0.29) is 11.8 Å². The van der Waals surface area contributed by atoms with Crippen molar-refractivity contribution < 1.29 is 9.59 Å². The Morgan fingerprint density at radius 3 is 3.00 bits per heavy atom. The van der Waals surface area contributed by atoms with Gasteiger partial charge in [0, 0.05) is 32.5 Å². The average Bonchev–Trinajstić information content (AvgIpc) is 2.66. The van der Waals surface area contributed by atoms with Gasteiger partial charge in [-0.2, -0.15) is 0 Å². The van der Waals surface area contributed by atoms with E-state index in [0.717, 1.165) is 19.5 Å². The molecule has 2 aliphatic rings. The first kappa shape index (κ1) is 11.4. The number of nitrogens with one attached hydrogen (secondary N) is 2. The van der Waals surface area contributed by atoms with E-state index in [4.69, 9.17) is 0 Å². The molecule has 2 aliphatic heterocycles. The van der Waals surface area contributed by atoms with Gasteiger partial charge in [0.15, 0.2) is 0 Å². The molecule has 0 saturated carbocycles. The smallest absolute Gasteiger partial charge is 0.222 e. The van der Waals surface area contributed by atoms with E-state index in [2.05, 4.69) is 10.6 Å². The van der Waals surface area contributed by atoms with Crippen LogP contribution in [0.2, 0.25) is 0 Å². The molecule has 5 nitrogen and oxygen atoms in total. The van der Waals surface area contributed by atoms with E-state index in [1.807, 2.05) is 4.90 Å². The van der Waals surface area contributed by atoms with Crippen molar-refractivity contribution in [3.05, 3.63) is 0 Å². The van der Waals surface area contributed by atoms with Crippen LogP contribution >= 0.6 is 0 Å². The number of rotatable bonds is 2. The van der Waals surface area contributed by atoms with Crippen molar-refractivity contribution in [1.82, 2.24) is 15.5 Å². The minimum atomic E-state index is 0.0535. The van der Waals surface area contributed by atoms with Crippen LogP contribution in [-0.4, -0.2) is 49.4 Å². The zero-order valence-electron chi connectivity index (χ0n) is 9.50. The van der Waals surface area contributed by atoms with Gasteiger partial charge in [0.2, 0.25) is 11.8 Å². The SMILES string of the molecule is O=C1CCN(C(=O)CC2CCNC2)CCN1. The summed E-state index contributed by atoms with van der Waals surface area (Å²) >= 11 is 0. The molecule has 0 radical (unpaired) electrons. The first-order valence-electron chi connectivity index (χ1n) is 6.01. The number of carbonyl (C=O) groups is 2. The summed E-state index contributed by atoms with van der Waals surface area (Å²) in [5, 5.41) is 6.04. The van der Waals surface area contributed by atoms with Gasteiger partial charge in [-0.1, -0.05) is 0 Å². The van der Waals surface area contributed by atoms with Gasteiger partial charge in [-0.15, -0.1) is 0 Å². The molecular weight excluding hydrogens is 206 g/mol. The molecule has 90 valence electrons. The summed E-state index contributed by atoms with van der Waals surface area (Å²) in [5.74, 6) is 0.738. The van der Waals surface area contributed by atoms with Crippen molar-refractivity contribution in [2.24, 2.45) is 5.92 Å². The molecule has 2 N–H and O–H groups in total. The van der Waals surface area contributed by atoms with Crippen molar-refractivity contribution in [2.45, 2.75) is 19.3 Å². The topological polar surface area (TPSA) is 61.4 Å². The number of hydrogen-bond acceptors (Lipinski definition) is 3. The third kappa shape index (κ3) is 2.95. The monoisotopic (exact) mass is 225 g/mol. The quantitative estimate of drug-likeness (QED) is 0.655. The predicted octanol–water partition coefficient (Wildman–Crippen LogP) is -0.665. The maximum absolute atomic E-state index is 12.0. The van der Waals surface area contributed by atoms with Gasteiger partial charge >= 0.3 is 0 Å². The Kier molecular flexibility index (Phi) is 3.77. The predicted molar refractivity (Wildman–Crippen MR) is 59.8 cm³/mol. The Morgan fingerprint density at radius 1 is 1.38 bits per heavy atom. The number of nitrogens with zero attached hydrogens (tertiary/aromatic N) is 1. The maximum atomic E-state index is 12.0. The fourth-order valence-corrected chi connectivity index (χ4v) is 2.28. The highest BCUT2D eigenvalue weighted by Crippen LogP contribution is 2.14. The van der Waals surface area contributed by atoms with Crippen molar-refractivity contribution in [2.75, 3.05) is 32.7 Å². The Bertz CT molecular complexity index is 274. The molecule has 2 rings (SSSR count). The molecule has 2 amide bonds. The van der Waals surface area contributed by atoms with Crippen molar-refractivity contribution in [3.63, 3.8) is 0 Å². The van der Waals surface area contributed by atoms with Crippen molar-refractivity contribution in [1.29, 1.82) is 0 Å². The van der Waals surface area contributed by atoms with Crippen LogP contribution in [0.25, 0.3) is 0 Å². The van der Waals surface area contributed by atoms with Crippen LogP contribution in [0.15, 0.2) is 0 Å². The highest BCUT2D eigenvalue weighted by molar-refractivity contribution is 5.80. The fourth-order valence-electron chi connectivity index (χ4n) is 2.28. The van der Waals surface area contributed by atoms with E-state index in [1.165, 1.54) is 0 Å². The summed E-state index contributed by atoms with van der Waals surface area (Å²) in [7, 11) is 0. The lowest BCUT2D eigenvalue weighted by molar-refractivity contribution is -0.131. The zero-order chi connectivity index (χ0) is 11.4. The van der Waals surface area contributed by atoms with E-state index in [1.54, 1.807) is 0 Å². The Balaban J connectivity index is 1.81. The maximum Gasteiger partial charge on any atom is 0.222 e. The lowest BCUT2D eigenvalue weighted by atomic mass is 10.0. The van der Waals surface area contributed by atoms with Crippen molar-refractivity contribution >= 4 is 11.8 Å². The highest BCUT2D eigenvalue weighted by atomic mass is 16.2. The van der Waals surface area contributed by atoms with Crippen molar-refractivity contribution in [3.8, 4) is 0 Å². The third-order valence-corrected chi connectivity index (χ3v) is 3.29. The van der Waals surface area contributed by atoms with Gasteiger partial charge in [-0.25, -0.2) is 0 Å². The minimum absolute atomic E-state index is 0.0535. The van der Waals surface area contributed by atoms with Gasteiger partial charge in [-0.3, -0.25) is 9.59 Å². The molecule has 5 heteroatoms. The minimum Gasteiger partial charge on any atom is -0.354 e. The molecular formula is C11H19N3O2. The van der Waals surface area contributed by atoms with Crippen LogP contribution in [0.3, 0.4) is 0 Å². The summed E-state index contributed by atoms with van der Waals surface area (Å²) in [5.41, 5.74) is 0. The van der Waals surface area contributed by atoms with Crippen LogP contribution in [0, 0.1) is 5.92 Å². The standard InChI is InChI=1S/C11H19N3O2/c15-10-2-5-14(6-4-13-10)11(16)7-9-1-3-12-8-9/h9,12H,1-8H2,(H,13,15). The summed E-state index contributed by atoms with van der Waals surface area (Å²) in [6.07, 6.45) is 2.16. The van der Waals surface area contributed by atoms with Crippen LogP contribution in [0.5, 0.6) is 0 Å². The zero-order valence-corrected chi connectivity index (χ0v) is 9.50. The van der Waals surface area contributed by atoms with E-state index in [0.29, 0.717) is 38.4 Å². The molecule has 1 atom stereocenters. The second kappa shape index (κ2) is 5.30. The molecule has 0 spiro atoms. The molecule has 0 aromatic rings. The number of amides is 2. The Hall–Kier alpha value is -1.10. The summed E-state index contributed by atoms with van der Waals surface area (Å²) in [6.45, 7) is 3.80. The first-order chi connectivity index (χ1) is 7.75. The Morgan fingerprint density at radius 2 is 2.25 bits per heavy atom. The molecule has 0 bridgehead atoms. The first-order valence-corrected chi connectivity index (χ1v) is 6.01. The average molecular weight is 225 g/mol. The van der Waals surface area contributed by atoms with Crippen LogP contribution in [0.4, 0.5) is 0 Å². The Labute approximate surface area is 95.6 Å². The largest absolute Gasteiger partial charge is 0.354 e. The van der Waals surface area contributed by atoms with Gasteiger partial charge in [0.25, 0.3) is 0 Å². The fraction of sp³-hybridized carbons (Fsp3) is 0.818. The van der Waals surface area contributed by atoms with Crippen LogP contribution in [-0.2, 0) is 9.59 Å². The normalized spacial score (nSPS) is 26.4. The van der Waals surface area contributed by atoms with E-state index < -0.39 is 0 Å². The third-order valence-electron chi connectivity index (χ3n) is 3.29. The van der Waals surface area contributed by atoms with E-state index >= 15 is 0 Å². The molecule has 2 heterocycles. The molecule has 0 aromatic carbocycles. The summed E-state index contributed by atoms with van der Waals surface area (Å²) < 4.78 is 0.